The molecule has 0 aliphatic carbocycles. The number of rotatable bonds is 9. The Hall–Kier alpha value is -7.53. The second-order valence-corrected chi connectivity index (χ2v) is 19.1. The summed E-state index contributed by atoms with van der Waals surface area (Å²) in [5, 5.41) is 25.9. The quantitative estimate of drug-likeness (QED) is 0.0822. The summed E-state index contributed by atoms with van der Waals surface area (Å²) in [6, 6.07) is 12.5. The minimum atomic E-state index is -4.90. The molecule has 2 saturated heterocycles. The van der Waals surface area contributed by atoms with E-state index in [4.69, 9.17) is 56.4 Å². The predicted molar refractivity (Wildman–Crippen MR) is 261 cm³/mol. The van der Waals surface area contributed by atoms with Crippen LogP contribution in [0.4, 0.5) is 75.4 Å². The maximum Gasteiger partial charge on any atom is 0.417 e. The van der Waals surface area contributed by atoms with Gasteiger partial charge in [0.2, 0.25) is 17.5 Å². The number of nitrogens with zero attached hydrogens (tertiary/aromatic N) is 10. The van der Waals surface area contributed by atoms with Gasteiger partial charge >= 0.3 is 24.2 Å². The number of carbonyl (C=O) groups excluding carboxylic acids is 2. The molecule has 4 heterocycles. The standard InChI is InChI=1S/C25H19F6N5O3S.C23H14ClF6N5OS/c1-23(2)21(38)35(13-5-4-12(11-32)16(9-13)25(29,30)31)22(40)36(23)14-8-15-18(17(26)10-14)33-20(24(3,27)28)34-19(15)39-7-6-37;1-21(2)19(36)34(11-5-4-10(9-31)14(7-11)23(28,29)30)20(37)35(21)12-6-13-16(15(25)8-12)32-18(22(3,26)27)33-17(13)24/h4-5,8-10,37H,6-7H2,1-3H3;4-8H,1-3H3. The van der Waals surface area contributed by atoms with E-state index in [0.717, 1.165) is 46.2 Å². The molecular formula is C48H33ClF12N10O4S2. The number of alkyl halides is 10. The van der Waals surface area contributed by atoms with Crippen LogP contribution in [0.3, 0.4) is 0 Å². The first kappa shape index (κ1) is 57.2. The van der Waals surface area contributed by atoms with Crippen LogP contribution in [0.5, 0.6) is 5.88 Å². The summed E-state index contributed by atoms with van der Waals surface area (Å²) in [7, 11) is 0. The number of anilines is 4. The fourth-order valence-corrected chi connectivity index (χ4v) is 9.38. The molecule has 1 N–H and O–H groups in total. The Balaban J connectivity index is 0.000000224. The third-order valence-electron chi connectivity index (χ3n) is 11.7. The van der Waals surface area contributed by atoms with Crippen LogP contribution in [-0.2, 0) is 33.8 Å². The van der Waals surface area contributed by atoms with Gasteiger partial charge in [0.25, 0.3) is 11.8 Å². The van der Waals surface area contributed by atoms with Crippen LogP contribution in [0.25, 0.3) is 21.8 Å². The fourth-order valence-electron chi connectivity index (χ4n) is 8.11. The number of fused-ring (bicyclic) bond motifs is 2. The van der Waals surface area contributed by atoms with Crippen LogP contribution >= 0.6 is 36.0 Å². The van der Waals surface area contributed by atoms with Gasteiger partial charge in [0.1, 0.15) is 33.9 Å². The minimum absolute atomic E-state index is 0.0398. The summed E-state index contributed by atoms with van der Waals surface area (Å²) < 4.78 is 172. The molecule has 29 heteroatoms. The highest BCUT2D eigenvalue weighted by Crippen LogP contribution is 2.44. The lowest BCUT2D eigenvalue weighted by Gasteiger charge is -2.30. The molecule has 0 saturated carbocycles. The van der Waals surface area contributed by atoms with Crippen LogP contribution < -0.4 is 24.3 Å². The zero-order chi connectivity index (χ0) is 57.4. The highest BCUT2D eigenvalue weighted by atomic mass is 35.5. The Morgan fingerprint density at radius 2 is 1.01 bits per heavy atom. The molecule has 14 nitrogen and oxygen atoms in total. The van der Waals surface area contributed by atoms with Crippen molar-refractivity contribution in [2.75, 3.05) is 32.8 Å². The van der Waals surface area contributed by atoms with Gasteiger partial charge in [-0.15, -0.1) is 0 Å². The first-order valence-electron chi connectivity index (χ1n) is 21.8. The minimum Gasteiger partial charge on any atom is -0.475 e. The van der Waals surface area contributed by atoms with Crippen LogP contribution in [0, 0.1) is 34.3 Å². The van der Waals surface area contributed by atoms with E-state index in [1.807, 2.05) is 0 Å². The Morgan fingerprint density at radius 3 is 1.39 bits per heavy atom. The summed E-state index contributed by atoms with van der Waals surface area (Å²) >= 11 is 16.9. The molecule has 2 aromatic heterocycles. The van der Waals surface area contributed by atoms with E-state index in [9.17, 15) is 53.5 Å². The number of benzene rings is 4. The largest absolute Gasteiger partial charge is 0.475 e. The van der Waals surface area contributed by atoms with Crippen LogP contribution in [-0.4, -0.2) is 71.4 Å². The number of hydrogen-bond donors (Lipinski definition) is 1. The zero-order valence-corrected chi connectivity index (χ0v) is 42.5. The Kier molecular flexibility index (Phi) is 14.7. The number of carbonyl (C=O) groups is 2. The van der Waals surface area contributed by atoms with Gasteiger partial charge in [-0.3, -0.25) is 19.4 Å². The fraction of sp³-hybridized carbons (Fsp3) is 0.292. The summed E-state index contributed by atoms with van der Waals surface area (Å²) in [5.41, 5.74) is -8.59. The first-order chi connectivity index (χ1) is 35.5. The van der Waals surface area contributed by atoms with Crippen molar-refractivity contribution < 1.29 is 72.1 Å². The summed E-state index contributed by atoms with van der Waals surface area (Å²) in [6.07, 6.45) is -9.78. The number of aliphatic hydroxyl groups excluding tert-OH is 1. The van der Waals surface area contributed by atoms with E-state index >= 15 is 8.78 Å². The van der Waals surface area contributed by atoms with Gasteiger partial charge in [-0.2, -0.15) is 59.4 Å². The molecule has 2 amide bonds. The van der Waals surface area contributed by atoms with Gasteiger partial charge in [-0.05, 0) is 113 Å². The van der Waals surface area contributed by atoms with Gasteiger partial charge < -0.3 is 19.6 Å². The maximum atomic E-state index is 15.4. The number of ether oxygens (including phenoxy) is 1. The lowest BCUT2D eigenvalue weighted by atomic mass is 10.0. The van der Waals surface area contributed by atoms with Crippen molar-refractivity contribution in [1.29, 1.82) is 10.5 Å². The number of thiocarbonyl (C=S) groups is 2. The second-order valence-electron chi connectivity index (χ2n) is 18.0. The molecule has 2 aliphatic heterocycles. The van der Waals surface area contributed by atoms with Crippen molar-refractivity contribution in [3.05, 3.63) is 111 Å². The van der Waals surface area contributed by atoms with Gasteiger partial charge in [0.15, 0.2) is 21.9 Å². The Bertz CT molecular complexity index is 3580. The monoisotopic (exact) mass is 1140 g/mol. The van der Waals surface area contributed by atoms with Gasteiger partial charge in [-0.1, -0.05) is 11.6 Å². The number of aromatic nitrogens is 4. The third kappa shape index (κ3) is 10.4. The molecular weight excluding hydrogens is 1110 g/mol. The SMILES string of the molecule is CC(F)(F)c1nc(Cl)c2cc(N3C(=S)N(c4ccc(C#N)c(C(F)(F)F)c4)C(=O)C3(C)C)cc(F)c2n1.CC(F)(F)c1nc(OCCO)c2cc(N3C(=S)N(c4ccc(C#N)c(C(F)(F)F)c4)C(=O)C3(C)C)cc(F)c2n1. The van der Waals surface area contributed by atoms with Gasteiger partial charge in [0, 0.05) is 30.6 Å². The van der Waals surface area contributed by atoms with E-state index in [2.05, 4.69) is 19.9 Å². The second kappa shape index (κ2) is 19.8. The van der Waals surface area contributed by atoms with Crippen LogP contribution in [0.2, 0.25) is 5.15 Å². The average molecular weight is 1140 g/mol. The molecule has 2 aliphatic rings. The van der Waals surface area contributed by atoms with Crippen molar-refractivity contribution in [3.63, 3.8) is 0 Å². The molecule has 77 heavy (non-hydrogen) atoms. The van der Waals surface area contributed by atoms with E-state index in [0.29, 0.717) is 26.0 Å². The molecule has 0 bridgehead atoms. The van der Waals surface area contributed by atoms with Crippen molar-refractivity contribution in [1.82, 2.24) is 19.9 Å². The lowest BCUT2D eigenvalue weighted by molar-refractivity contribution is -0.138. The molecule has 402 valence electrons. The average Bonchev–Trinajstić information content (AvgIpc) is 3.63. The summed E-state index contributed by atoms with van der Waals surface area (Å²) in [4.78, 5) is 45.2. The van der Waals surface area contributed by atoms with E-state index in [1.54, 1.807) is 0 Å². The highest BCUT2D eigenvalue weighted by Gasteiger charge is 2.53. The zero-order valence-electron chi connectivity index (χ0n) is 40.1. The summed E-state index contributed by atoms with van der Waals surface area (Å²) in [6.45, 7) is 5.78. The van der Waals surface area contributed by atoms with Gasteiger partial charge in [-0.25, -0.2) is 23.7 Å². The smallest absolute Gasteiger partial charge is 0.417 e. The molecule has 0 unspecified atom stereocenters. The molecule has 0 spiro atoms. The first-order valence-corrected chi connectivity index (χ1v) is 23.0. The normalized spacial score (nSPS) is 15.8. The molecule has 4 aromatic carbocycles. The van der Waals surface area contributed by atoms with Crippen molar-refractivity contribution >= 4 is 103 Å². The van der Waals surface area contributed by atoms with Crippen molar-refractivity contribution in [2.45, 2.75) is 76.8 Å². The predicted octanol–water partition coefficient (Wildman–Crippen LogP) is 11.4. The molecule has 0 radical (unpaired) electrons. The van der Waals surface area contributed by atoms with E-state index in [1.165, 1.54) is 61.8 Å². The lowest BCUT2D eigenvalue weighted by Crippen LogP contribution is -2.44. The number of nitriles is 2. The number of amides is 2. The van der Waals surface area contributed by atoms with E-state index < -0.39 is 121 Å². The topological polar surface area (TPSA) is 176 Å². The van der Waals surface area contributed by atoms with Crippen LogP contribution in [0.15, 0.2) is 60.7 Å². The van der Waals surface area contributed by atoms with Crippen molar-refractivity contribution in [2.24, 2.45) is 0 Å². The van der Waals surface area contributed by atoms with Crippen molar-refractivity contribution in [3.8, 4) is 18.0 Å². The molecule has 2 fully saturated rings. The maximum absolute atomic E-state index is 15.4. The molecule has 8 rings (SSSR count). The highest BCUT2D eigenvalue weighted by molar-refractivity contribution is 7.81. The molecule has 6 aromatic rings. The Morgan fingerprint density at radius 1 is 0.623 bits per heavy atom. The molecule has 0 atom stereocenters. The van der Waals surface area contributed by atoms with Crippen LogP contribution in [0.1, 0.15) is 75.4 Å². The number of halogens is 13. The van der Waals surface area contributed by atoms with E-state index in [-0.39, 0.29) is 50.4 Å². The summed E-state index contributed by atoms with van der Waals surface area (Å²) in [5.74, 6) is -13.2. The Labute approximate surface area is 442 Å². The third-order valence-corrected chi connectivity index (χ3v) is 12.8. The van der Waals surface area contributed by atoms with Gasteiger partial charge in [0.05, 0.1) is 57.8 Å². The number of aliphatic hydroxyl groups is 1. The number of hydrogen-bond acceptors (Lipinski definition) is 12.